The summed E-state index contributed by atoms with van der Waals surface area (Å²) in [7, 11) is 1.80. The number of halogens is 1. The van der Waals surface area contributed by atoms with Crippen molar-refractivity contribution in [2.45, 2.75) is 13.5 Å². The van der Waals surface area contributed by atoms with Gasteiger partial charge in [-0.05, 0) is 35.0 Å². The molecule has 18 heavy (non-hydrogen) atoms. The van der Waals surface area contributed by atoms with Crippen molar-refractivity contribution in [2.75, 3.05) is 7.05 Å². The fourth-order valence-corrected chi connectivity index (χ4v) is 2.93. The van der Waals surface area contributed by atoms with Crippen LogP contribution in [0.4, 0.5) is 0 Å². The molecular formula is C13H13BrN2OS. The quantitative estimate of drug-likeness (QED) is 0.865. The SMILES string of the molecule is Cc1ncc(CN(C)C(=O)c2ccccc2Br)s1. The number of hydrogen-bond acceptors (Lipinski definition) is 3. The van der Waals surface area contributed by atoms with Crippen molar-refractivity contribution in [1.29, 1.82) is 0 Å². The summed E-state index contributed by atoms with van der Waals surface area (Å²) in [6, 6.07) is 7.45. The van der Waals surface area contributed by atoms with E-state index in [0.717, 1.165) is 14.4 Å². The van der Waals surface area contributed by atoms with Gasteiger partial charge in [0.2, 0.25) is 0 Å². The van der Waals surface area contributed by atoms with Gasteiger partial charge in [0.15, 0.2) is 0 Å². The van der Waals surface area contributed by atoms with Crippen LogP contribution in [0.2, 0.25) is 0 Å². The van der Waals surface area contributed by atoms with Crippen LogP contribution in [0.3, 0.4) is 0 Å². The van der Waals surface area contributed by atoms with E-state index in [1.54, 1.807) is 23.3 Å². The Labute approximate surface area is 119 Å². The van der Waals surface area contributed by atoms with Crippen molar-refractivity contribution in [2.24, 2.45) is 0 Å². The maximum absolute atomic E-state index is 12.3. The van der Waals surface area contributed by atoms with Gasteiger partial charge >= 0.3 is 0 Å². The zero-order valence-corrected chi connectivity index (χ0v) is 12.6. The van der Waals surface area contributed by atoms with E-state index in [1.807, 2.05) is 37.4 Å². The summed E-state index contributed by atoms with van der Waals surface area (Å²) < 4.78 is 0.822. The molecule has 0 radical (unpaired) electrons. The number of thiazole rings is 1. The molecule has 0 bridgehead atoms. The van der Waals surface area contributed by atoms with Gasteiger partial charge in [0.25, 0.3) is 5.91 Å². The lowest BCUT2D eigenvalue weighted by Crippen LogP contribution is -2.26. The Kier molecular flexibility index (Phi) is 4.14. The molecule has 3 nitrogen and oxygen atoms in total. The molecule has 1 aromatic carbocycles. The molecule has 1 amide bonds. The average Bonchev–Trinajstić information content (AvgIpc) is 2.74. The number of hydrogen-bond donors (Lipinski definition) is 0. The second kappa shape index (κ2) is 5.63. The molecule has 0 saturated heterocycles. The highest BCUT2D eigenvalue weighted by Crippen LogP contribution is 2.19. The highest BCUT2D eigenvalue weighted by molar-refractivity contribution is 9.10. The fraction of sp³-hybridized carbons (Fsp3) is 0.231. The average molecular weight is 325 g/mol. The van der Waals surface area contributed by atoms with Crippen molar-refractivity contribution < 1.29 is 4.79 Å². The second-order valence-electron chi connectivity index (χ2n) is 3.99. The summed E-state index contributed by atoms with van der Waals surface area (Å²) in [5.41, 5.74) is 0.682. The number of benzene rings is 1. The summed E-state index contributed by atoms with van der Waals surface area (Å²) in [5, 5.41) is 1.02. The predicted molar refractivity (Wildman–Crippen MR) is 76.8 cm³/mol. The molecule has 0 fully saturated rings. The van der Waals surface area contributed by atoms with Crippen molar-refractivity contribution in [3.63, 3.8) is 0 Å². The molecule has 2 rings (SSSR count). The zero-order chi connectivity index (χ0) is 13.1. The van der Waals surface area contributed by atoms with Gasteiger partial charge < -0.3 is 4.90 Å². The molecule has 0 spiro atoms. The van der Waals surface area contributed by atoms with Crippen LogP contribution in [0, 0.1) is 6.92 Å². The summed E-state index contributed by atoms with van der Waals surface area (Å²) >= 11 is 5.01. The lowest BCUT2D eigenvalue weighted by Gasteiger charge is -2.16. The van der Waals surface area contributed by atoms with Crippen LogP contribution < -0.4 is 0 Å². The Hall–Kier alpha value is -1.20. The number of nitrogens with zero attached hydrogens (tertiary/aromatic N) is 2. The maximum Gasteiger partial charge on any atom is 0.255 e. The van der Waals surface area contributed by atoms with Crippen molar-refractivity contribution in [1.82, 2.24) is 9.88 Å². The zero-order valence-electron chi connectivity index (χ0n) is 10.2. The Balaban J connectivity index is 2.12. The largest absolute Gasteiger partial charge is 0.336 e. The van der Waals surface area contributed by atoms with Crippen LogP contribution >= 0.6 is 27.3 Å². The highest BCUT2D eigenvalue weighted by Gasteiger charge is 2.15. The molecule has 0 saturated carbocycles. The van der Waals surface area contributed by atoms with E-state index in [9.17, 15) is 4.79 Å². The monoisotopic (exact) mass is 324 g/mol. The van der Waals surface area contributed by atoms with Gasteiger partial charge in [-0.1, -0.05) is 12.1 Å². The fourth-order valence-electron chi connectivity index (χ4n) is 1.62. The molecule has 0 N–H and O–H groups in total. The first-order valence-corrected chi connectivity index (χ1v) is 7.10. The van der Waals surface area contributed by atoms with Crippen LogP contribution in [-0.2, 0) is 6.54 Å². The first kappa shape index (κ1) is 13.2. The van der Waals surface area contributed by atoms with Gasteiger partial charge in [0.05, 0.1) is 17.1 Å². The first-order valence-electron chi connectivity index (χ1n) is 5.49. The smallest absolute Gasteiger partial charge is 0.255 e. The third-order valence-electron chi connectivity index (χ3n) is 2.51. The van der Waals surface area contributed by atoms with Crippen molar-refractivity contribution in [3.8, 4) is 0 Å². The number of aryl methyl sites for hydroxylation is 1. The van der Waals surface area contributed by atoms with Crippen molar-refractivity contribution in [3.05, 3.63) is 50.4 Å². The summed E-state index contributed by atoms with van der Waals surface area (Å²) in [4.78, 5) is 19.2. The number of rotatable bonds is 3. The molecule has 0 atom stereocenters. The summed E-state index contributed by atoms with van der Waals surface area (Å²) in [5.74, 6) is 0.00790. The van der Waals surface area contributed by atoms with Gasteiger partial charge in [-0.25, -0.2) is 4.98 Å². The third-order valence-corrected chi connectivity index (χ3v) is 4.10. The molecule has 0 aliphatic rings. The van der Waals surface area contributed by atoms with Crippen LogP contribution in [0.1, 0.15) is 20.2 Å². The minimum atomic E-state index is 0.00790. The molecule has 0 aliphatic heterocycles. The van der Waals surface area contributed by atoms with Gasteiger partial charge in [-0.2, -0.15) is 0 Å². The van der Waals surface area contributed by atoms with E-state index >= 15 is 0 Å². The minimum absolute atomic E-state index is 0.00790. The molecular weight excluding hydrogens is 312 g/mol. The molecule has 2 aromatic rings. The van der Waals surface area contributed by atoms with E-state index in [2.05, 4.69) is 20.9 Å². The van der Waals surface area contributed by atoms with E-state index in [-0.39, 0.29) is 5.91 Å². The Morgan fingerprint density at radius 2 is 2.17 bits per heavy atom. The summed E-state index contributed by atoms with van der Waals surface area (Å²) in [6.07, 6.45) is 1.82. The number of aromatic nitrogens is 1. The highest BCUT2D eigenvalue weighted by atomic mass is 79.9. The molecule has 1 heterocycles. The molecule has 0 aliphatic carbocycles. The molecule has 5 heteroatoms. The van der Waals surface area contributed by atoms with E-state index in [0.29, 0.717) is 12.1 Å². The van der Waals surface area contributed by atoms with E-state index < -0.39 is 0 Å². The topological polar surface area (TPSA) is 33.2 Å². The minimum Gasteiger partial charge on any atom is -0.336 e. The molecule has 94 valence electrons. The molecule has 0 unspecified atom stereocenters. The van der Waals surface area contributed by atoms with Gasteiger partial charge in [0.1, 0.15) is 0 Å². The second-order valence-corrected chi connectivity index (χ2v) is 6.16. The lowest BCUT2D eigenvalue weighted by molar-refractivity contribution is 0.0785. The van der Waals surface area contributed by atoms with Crippen LogP contribution in [-0.4, -0.2) is 22.8 Å². The van der Waals surface area contributed by atoms with Gasteiger partial charge in [-0.15, -0.1) is 11.3 Å². The lowest BCUT2D eigenvalue weighted by atomic mass is 10.2. The summed E-state index contributed by atoms with van der Waals surface area (Å²) in [6.45, 7) is 2.55. The Bertz CT molecular complexity index is 568. The molecule has 1 aromatic heterocycles. The van der Waals surface area contributed by atoms with Gasteiger partial charge in [0, 0.05) is 22.6 Å². The third kappa shape index (κ3) is 2.97. The standard InChI is InChI=1S/C13H13BrN2OS/c1-9-15-7-10(18-9)8-16(2)13(17)11-5-3-4-6-12(11)14/h3-7H,8H2,1-2H3. The maximum atomic E-state index is 12.3. The predicted octanol–water partition coefficient (Wildman–Crippen LogP) is 3.49. The number of carbonyl (C=O) groups is 1. The first-order chi connectivity index (χ1) is 8.58. The Morgan fingerprint density at radius 1 is 1.44 bits per heavy atom. The van der Waals surface area contributed by atoms with Crippen LogP contribution in [0.5, 0.6) is 0 Å². The van der Waals surface area contributed by atoms with E-state index in [4.69, 9.17) is 0 Å². The number of carbonyl (C=O) groups excluding carboxylic acids is 1. The normalized spacial score (nSPS) is 10.4. The Morgan fingerprint density at radius 3 is 2.78 bits per heavy atom. The number of amides is 1. The van der Waals surface area contributed by atoms with Crippen LogP contribution in [0.15, 0.2) is 34.9 Å². The van der Waals surface area contributed by atoms with Gasteiger partial charge in [-0.3, -0.25) is 4.79 Å². The van der Waals surface area contributed by atoms with E-state index in [1.165, 1.54) is 0 Å². The van der Waals surface area contributed by atoms with Crippen molar-refractivity contribution >= 4 is 33.2 Å². The van der Waals surface area contributed by atoms with Crippen LogP contribution in [0.25, 0.3) is 0 Å².